The van der Waals surface area contributed by atoms with E-state index in [0.29, 0.717) is 40.1 Å². The lowest BCUT2D eigenvalue weighted by Crippen LogP contribution is -2.26. The van der Waals surface area contributed by atoms with Gasteiger partial charge in [0, 0.05) is 0 Å². The number of esters is 8. The average molecular weight is 1710 g/mol. The zero-order chi connectivity index (χ0) is 89.2. The molecular weight excluding hydrogens is 1580 g/mol. The van der Waals surface area contributed by atoms with Crippen molar-refractivity contribution in [3.05, 3.63) is 155 Å². The highest BCUT2D eigenvalue weighted by atomic mass is 16.7. The van der Waals surface area contributed by atoms with Gasteiger partial charge >= 0.3 is 60.1 Å². The van der Waals surface area contributed by atoms with Crippen molar-refractivity contribution >= 4 is 60.1 Å². The van der Waals surface area contributed by atoms with Crippen molar-refractivity contribution < 1.29 is 105 Å². The minimum absolute atomic E-state index is 0.00302. The van der Waals surface area contributed by atoms with Gasteiger partial charge in [-0.15, -0.1) is 0 Å². The summed E-state index contributed by atoms with van der Waals surface area (Å²) in [5, 5.41) is 0. The molecule has 0 saturated heterocycles. The van der Waals surface area contributed by atoms with Crippen molar-refractivity contribution in [2.75, 3.05) is 13.2 Å². The van der Waals surface area contributed by atoms with Gasteiger partial charge in [-0.05, 0) is 375 Å². The lowest BCUT2D eigenvalue weighted by Gasteiger charge is -2.27. The third kappa shape index (κ3) is 30.2. The Morgan fingerprint density at radius 1 is 0.234 bits per heavy atom. The molecule has 6 aromatic carbocycles. The van der Waals surface area contributed by atoms with Gasteiger partial charge in [0.05, 0.1) is 59.8 Å². The zero-order valence-corrected chi connectivity index (χ0v) is 75.1. The number of carbonyl (C=O) groups excluding carboxylic acids is 10. The average Bonchev–Trinajstić information content (AvgIpc) is 0.826. The fraction of sp³-hybridized carbons (Fsp3) is 0.549. The Hall–Kier alpha value is -10.4. The van der Waals surface area contributed by atoms with Crippen LogP contribution in [0, 0.1) is 98.7 Å². The summed E-state index contributed by atoms with van der Waals surface area (Å²) < 4.78 is 64.0. The number of ether oxygens (including phenoxy) is 12. The maximum Gasteiger partial charge on any atom is 0.513 e. The number of carbonyl (C=O) groups is 10. The Kier molecular flexibility index (Phi) is 39.2. The van der Waals surface area contributed by atoms with E-state index in [4.69, 9.17) is 56.8 Å². The first kappa shape index (κ1) is 97.4. The van der Waals surface area contributed by atoms with Crippen LogP contribution in [0.2, 0.25) is 0 Å². The molecule has 0 amide bonds. The summed E-state index contributed by atoms with van der Waals surface area (Å²) in [4.78, 5) is 123. The lowest BCUT2D eigenvalue weighted by atomic mass is 9.81. The predicted molar refractivity (Wildman–Crippen MR) is 471 cm³/mol. The molecule has 0 aliphatic heterocycles. The summed E-state index contributed by atoms with van der Waals surface area (Å²) in [5.74, 6) is 6.84. The van der Waals surface area contributed by atoms with Crippen LogP contribution in [0.25, 0.3) is 0 Å². The number of hydrogen-bond donors (Lipinski definition) is 0. The van der Waals surface area contributed by atoms with E-state index in [0.717, 1.165) is 206 Å². The van der Waals surface area contributed by atoms with Crippen LogP contribution in [0.4, 0.5) is 9.59 Å². The van der Waals surface area contributed by atoms with Crippen LogP contribution < -0.4 is 47.4 Å². The van der Waals surface area contributed by atoms with Crippen molar-refractivity contribution in [1.82, 2.24) is 0 Å². The molecule has 0 unspecified atom stereocenters. The largest absolute Gasteiger partial charge is 0.513 e. The van der Waals surface area contributed by atoms with E-state index in [-0.39, 0.29) is 119 Å². The van der Waals surface area contributed by atoms with Crippen molar-refractivity contribution in [1.29, 1.82) is 0 Å². The topological polar surface area (TPSA) is 281 Å². The second kappa shape index (κ2) is 49.9. The molecule has 0 aromatic heterocycles. The highest BCUT2D eigenvalue weighted by Crippen LogP contribution is 2.41. The third-order valence-electron chi connectivity index (χ3n) is 26.2. The summed E-state index contributed by atoms with van der Waals surface area (Å²) in [5.41, 5.74) is 3.58. The monoisotopic (exact) mass is 1710 g/mol. The fourth-order valence-electron chi connectivity index (χ4n) is 17.3. The maximum atomic E-state index is 12.6. The van der Waals surface area contributed by atoms with Crippen molar-refractivity contribution in [3.8, 4) is 57.5 Å². The first-order valence-corrected chi connectivity index (χ1v) is 45.8. The minimum Gasteiger partial charge on any atom is -0.434 e. The Labute approximate surface area is 733 Å². The Balaban J connectivity index is 0.000000188. The molecule has 0 N–H and O–H groups in total. The van der Waals surface area contributed by atoms with Crippen LogP contribution in [0.15, 0.2) is 121 Å². The van der Waals surface area contributed by atoms with Gasteiger partial charge in [-0.3, -0.25) is 28.8 Å². The Bertz CT molecular complexity index is 4320. The molecule has 0 heterocycles. The molecule has 6 aromatic rings. The number of aryl methyl sites for hydroxylation is 2. The summed E-state index contributed by atoms with van der Waals surface area (Å²) in [6.07, 6.45) is 30.0. The number of benzene rings is 6. The van der Waals surface area contributed by atoms with Gasteiger partial charge in [0.2, 0.25) is 0 Å². The van der Waals surface area contributed by atoms with Crippen molar-refractivity contribution in [3.63, 3.8) is 0 Å². The first-order valence-electron chi connectivity index (χ1n) is 45.8. The SMILES string of the molecule is CCC1CCC(C(=O)Oc2ccc(OC(=O)C3CCC(CC)CC3)c(C)c2)CC1.CCC1CCC(C(=O)Oc2ccc(OC(=O)C3CCC(CC)CC3)c(C)c2C)CC1.CCC1CCC(C(=O)Oc2ccc(OC(=O)C3CCC(CC)CC3)cc2)CC1.CCOC(=O)Oc1ccc(C(=O)Oc2ccc(OC(=O)c3ccc(OC(=O)OCC)cc3)c(C)c2)cc1. The van der Waals surface area contributed by atoms with E-state index in [9.17, 15) is 47.9 Å². The van der Waals surface area contributed by atoms with E-state index in [1.54, 1.807) is 81.4 Å². The van der Waals surface area contributed by atoms with E-state index >= 15 is 0 Å². The molecule has 0 radical (unpaired) electrons. The highest BCUT2D eigenvalue weighted by molar-refractivity contribution is 5.92. The van der Waals surface area contributed by atoms with E-state index in [1.807, 2.05) is 20.8 Å². The summed E-state index contributed by atoms with van der Waals surface area (Å²) >= 11 is 0. The third-order valence-corrected chi connectivity index (χ3v) is 26.2. The second-order valence-electron chi connectivity index (χ2n) is 34.3. The van der Waals surface area contributed by atoms with Gasteiger partial charge in [0.15, 0.2) is 0 Å². The summed E-state index contributed by atoms with van der Waals surface area (Å²) in [6.45, 7) is 24.4. The van der Waals surface area contributed by atoms with Crippen LogP contribution >= 0.6 is 0 Å². The molecule has 6 fully saturated rings. The molecular formula is C102H132O22. The predicted octanol–water partition coefficient (Wildman–Crippen LogP) is 24.2. The van der Waals surface area contributed by atoms with Gasteiger partial charge in [-0.25, -0.2) is 19.2 Å². The summed E-state index contributed by atoms with van der Waals surface area (Å²) in [7, 11) is 0. The summed E-state index contributed by atoms with van der Waals surface area (Å²) in [6, 6.07) is 31.8. The first-order chi connectivity index (χ1) is 59.8. The molecule has 0 spiro atoms. The van der Waals surface area contributed by atoms with E-state index < -0.39 is 24.2 Å². The van der Waals surface area contributed by atoms with Gasteiger partial charge in [-0.1, -0.05) is 80.1 Å². The van der Waals surface area contributed by atoms with Crippen LogP contribution in [0.3, 0.4) is 0 Å². The molecule has 6 aliphatic carbocycles. The van der Waals surface area contributed by atoms with Crippen LogP contribution in [0.5, 0.6) is 57.5 Å². The Morgan fingerprint density at radius 2 is 0.444 bits per heavy atom. The highest BCUT2D eigenvalue weighted by Gasteiger charge is 2.34. The molecule has 124 heavy (non-hydrogen) atoms. The number of hydrogen-bond acceptors (Lipinski definition) is 22. The van der Waals surface area contributed by atoms with Gasteiger partial charge < -0.3 is 56.8 Å². The number of rotatable bonds is 26. The standard InChI is InChI=1S/C27H24O10.C26H38O4.C25H36O4.C24H34O4/c1-4-32-26(30)35-20-10-6-18(7-11-20)24(28)34-22-14-15-23(17(3)16-22)37-25(29)19-8-12-21(13-9-19)36-27(31)33-5-2;1-5-19-7-11-21(12-8-19)25(27)29-23-15-16-24(18(4)17(23)3)30-26(28)22-13-9-20(6-2)10-14-22;1-4-18-6-10-20(11-7-18)24(26)28-22-14-15-23(17(3)16-22)29-25(27)21-12-8-19(5-2)9-13-21;1-3-17-5-9-19(10-6-17)23(25)27-21-13-15-22(16-14-21)28-24(26)20-11-7-18(4-2)8-12-20/h6-16H,4-5H2,1-3H3;15-16,19-22H,5-14H2,1-4H3;14-16,18-21H,4-13H2,1-3H3;13-20H,3-12H2,1-2H3. The van der Waals surface area contributed by atoms with E-state index in [2.05, 4.69) is 41.5 Å². The molecule has 12 rings (SSSR count). The molecule has 22 heteroatoms. The molecule has 6 aliphatic rings. The van der Waals surface area contributed by atoms with Crippen LogP contribution in [-0.2, 0) is 38.2 Å². The van der Waals surface area contributed by atoms with Crippen molar-refractivity contribution in [2.45, 2.75) is 276 Å². The van der Waals surface area contributed by atoms with Crippen molar-refractivity contribution in [2.24, 2.45) is 71.0 Å². The normalized spacial score (nSPS) is 22.2. The maximum absolute atomic E-state index is 12.6. The van der Waals surface area contributed by atoms with Crippen LogP contribution in [0.1, 0.15) is 291 Å². The quantitative estimate of drug-likeness (QED) is 0.0277. The smallest absolute Gasteiger partial charge is 0.434 e. The lowest BCUT2D eigenvalue weighted by molar-refractivity contribution is -0.141. The van der Waals surface area contributed by atoms with E-state index in [1.165, 1.54) is 99.2 Å². The molecule has 6 saturated carbocycles. The fourth-order valence-corrected chi connectivity index (χ4v) is 17.3. The van der Waals surface area contributed by atoms with Crippen LogP contribution in [-0.4, -0.2) is 73.3 Å². The van der Waals surface area contributed by atoms with Gasteiger partial charge in [0.25, 0.3) is 0 Å². The molecule has 0 atom stereocenters. The molecule has 22 nitrogen and oxygen atoms in total. The molecule has 0 bridgehead atoms. The second-order valence-corrected chi connectivity index (χ2v) is 34.3. The minimum atomic E-state index is -0.839. The molecule has 672 valence electrons. The van der Waals surface area contributed by atoms with Gasteiger partial charge in [0.1, 0.15) is 57.5 Å². The zero-order valence-electron chi connectivity index (χ0n) is 75.1. The Morgan fingerprint density at radius 3 is 0.710 bits per heavy atom. The van der Waals surface area contributed by atoms with Gasteiger partial charge in [-0.2, -0.15) is 0 Å².